The number of aromatic nitrogens is 1. The van der Waals surface area contributed by atoms with Crippen LogP contribution in [0.1, 0.15) is 31.0 Å². The highest BCUT2D eigenvalue weighted by Crippen LogP contribution is 2.32. The number of nitrogens with zero attached hydrogens (tertiary/aromatic N) is 2. The molecule has 4 aromatic rings. The second kappa shape index (κ2) is 10.4. The Bertz CT molecular complexity index is 1720. The summed E-state index contributed by atoms with van der Waals surface area (Å²) in [5.74, 6) is 0.213. The number of allylic oxidation sites excluding steroid dienone is 1. The molecule has 1 aromatic heterocycles. The molecule has 6 nitrogen and oxygen atoms in total. The van der Waals surface area contributed by atoms with E-state index in [-0.39, 0.29) is 12.2 Å². The molecule has 0 radical (unpaired) electrons. The zero-order valence-electron chi connectivity index (χ0n) is 21.0. The van der Waals surface area contributed by atoms with Crippen LogP contribution in [0, 0.1) is 0 Å². The number of carbonyl (C=O) groups excluding carboxylic acids is 1. The van der Waals surface area contributed by atoms with Crippen molar-refractivity contribution in [3.05, 3.63) is 103 Å². The summed E-state index contributed by atoms with van der Waals surface area (Å²) < 4.78 is 13.2. The minimum Gasteiger partial charge on any atom is -0.496 e. The van der Waals surface area contributed by atoms with Gasteiger partial charge in [0.1, 0.15) is 5.75 Å². The molecule has 1 aliphatic heterocycles. The molecular weight excluding hydrogens is 504 g/mol. The second-order valence-electron chi connectivity index (χ2n) is 8.48. The first kappa shape index (κ1) is 25.0. The summed E-state index contributed by atoms with van der Waals surface area (Å²) in [6.07, 6.45) is 3.87. The quantitative estimate of drug-likeness (QED) is 0.267. The molecule has 1 aliphatic rings. The lowest BCUT2D eigenvalue weighted by Gasteiger charge is -2.24. The predicted octanol–water partition coefficient (Wildman–Crippen LogP) is 4.68. The van der Waals surface area contributed by atoms with Crippen molar-refractivity contribution in [1.82, 2.24) is 4.57 Å². The number of hydrogen-bond acceptors (Lipinski definition) is 7. The number of esters is 1. The van der Waals surface area contributed by atoms with E-state index in [0.29, 0.717) is 26.4 Å². The number of thioether (sulfide) groups is 1. The van der Waals surface area contributed by atoms with Gasteiger partial charge in [0.05, 0.1) is 35.6 Å². The number of thiazole rings is 1. The highest BCUT2D eigenvalue weighted by atomic mass is 32.2. The molecule has 8 heteroatoms. The summed E-state index contributed by atoms with van der Waals surface area (Å²) in [5.41, 5.74) is 2.36. The van der Waals surface area contributed by atoms with Gasteiger partial charge in [-0.2, -0.15) is 0 Å². The van der Waals surface area contributed by atoms with Crippen molar-refractivity contribution in [2.75, 3.05) is 20.0 Å². The number of methoxy groups -OCH3 is 1. The van der Waals surface area contributed by atoms with Crippen LogP contribution in [0.3, 0.4) is 0 Å². The van der Waals surface area contributed by atoms with Crippen LogP contribution in [0.5, 0.6) is 5.75 Å². The molecule has 0 saturated carbocycles. The van der Waals surface area contributed by atoms with Gasteiger partial charge in [-0.05, 0) is 60.7 Å². The van der Waals surface area contributed by atoms with E-state index >= 15 is 0 Å². The third-order valence-electron chi connectivity index (χ3n) is 6.37. The number of benzene rings is 3. The van der Waals surface area contributed by atoms with Crippen LogP contribution < -0.4 is 19.6 Å². The zero-order valence-corrected chi connectivity index (χ0v) is 22.6. The second-order valence-corrected chi connectivity index (χ2v) is 10.4. The van der Waals surface area contributed by atoms with Crippen LogP contribution in [-0.2, 0) is 9.53 Å². The smallest absolute Gasteiger partial charge is 0.338 e. The molecule has 3 aromatic carbocycles. The van der Waals surface area contributed by atoms with Crippen molar-refractivity contribution in [1.29, 1.82) is 0 Å². The van der Waals surface area contributed by atoms with E-state index in [1.807, 2.05) is 73.0 Å². The van der Waals surface area contributed by atoms with Gasteiger partial charge < -0.3 is 9.47 Å². The van der Waals surface area contributed by atoms with Gasteiger partial charge in [-0.3, -0.25) is 9.36 Å². The van der Waals surface area contributed by atoms with Crippen LogP contribution in [-0.4, -0.2) is 30.5 Å². The Hall–Kier alpha value is -3.62. The van der Waals surface area contributed by atoms with Crippen molar-refractivity contribution < 1.29 is 14.3 Å². The molecule has 0 aliphatic carbocycles. The van der Waals surface area contributed by atoms with Gasteiger partial charge in [0.25, 0.3) is 5.56 Å². The Morgan fingerprint density at radius 3 is 2.59 bits per heavy atom. The highest BCUT2D eigenvalue weighted by molar-refractivity contribution is 7.98. The first-order valence-corrected chi connectivity index (χ1v) is 13.9. The molecule has 0 N–H and O–H groups in total. The molecule has 1 unspecified atom stereocenters. The minimum absolute atomic E-state index is 0.216. The van der Waals surface area contributed by atoms with E-state index in [1.165, 1.54) is 11.3 Å². The summed E-state index contributed by atoms with van der Waals surface area (Å²) in [7, 11) is 1.62. The van der Waals surface area contributed by atoms with Crippen molar-refractivity contribution in [2.45, 2.75) is 24.8 Å². The number of hydrogen-bond donors (Lipinski definition) is 0. The Labute approximate surface area is 222 Å². The molecule has 1 atom stereocenters. The van der Waals surface area contributed by atoms with E-state index in [1.54, 1.807) is 37.3 Å². The van der Waals surface area contributed by atoms with Gasteiger partial charge in [0.15, 0.2) is 4.80 Å². The molecule has 0 fully saturated rings. The molecular formula is C29H26N2O4S2. The third-order valence-corrected chi connectivity index (χ3v) is 8.10. The molecule has 2 heterocycles. The molecule has 0 bridgehead atoms. The molecule has 0 spiro atoms. The summed E-state index contributed by atoms with van der Waals surface area (Å²) in [6, 6.07) is 19.2. The van der Waals surface area contributed by atoms with Gasteiger partial charge in [-0.1, -0.05) is 53.8 Å². The average molecular weight is 531 g/mol. The van der Waals surface area contributed by atoms with Gasteiger partial charge in [0.2, 0.25) is 0 Å². The molecule has 188 valence electrons. The fraction of sp³-hybridized carbons (Fsp3) is 0.207. The van der Waals surface area contributed by atoms with Gasteiger partial charge in [0, 0.05) is 10.5 Å². The van der Waals surface area contributed by atoms with Gasteiger partial charge in [-0.15, -0.1) is 11.8 Å². The van der Waals surface area contributed by atoms with E-state index in [4.69, 9.17) is 9.47 Å². The van der Waals surface area contributed by atoms with Crippen LogP contribution in [0.25, 0.3) is 16.8 Å². The zero-order chi connectivity index (χ0) is 26.1. The minimum atomic E-state index is -0.636. The van der Waals surface area contributed by atoms with E-state index in [2.05, 4.69) is 4.99 Å². The highest BCUT2D eigenvalue weighted by Gasteiger charge is 2.33. The number of carbonyl (C=O) groups is 1. The van der Waals surface area contributed by atoms with Crippen molar-refractivity contribution in [3.8, 4) is 5.75 Å². The standard InChI is InChI=1S/C29H26N2O4S2/c1-5-35-28(33)25-17(2)30-29-31(26(25)19-10-13-20(36-4)14-11-19)27(32)24(37-29)16-22-21-9-7-6-8-18(21)12-15-23(22)34-3/h6-16,26H,5H2,1-4H3. The summed E-state index contributed by atoms with van der Waals surface area (Å²) in [5, 5.41) is 2.04. The topological polar surface area (TPSA) is 69.9 Å². The number of fused-ring (bicyclic) bond motifs is 2. The third kappa shape index (κ3) is 4.51. The van der Waals surface area contributed by atoms with Crippen LogP contribution >= 0.6 is 23.1 Å². The Morgan fingerprint density at radius 1 is 1.14 bits per heavy atom. The van der Waals surface area contributed by atoms with Crippen molar-refractivity contribution >= 4 is 45.9 Å². The van der Waals surface area contributed by atoms with Crippen LogP contribution in [0.15, 0.2) is 86.6 Å². The van der Waals surface area contributed by atoms with E-state index in [9.17, 15) is 9.59 Å². The largest absolute Gasteiger partial charge is 0.496 e. The fourth-order valence-electron chi connectivity index (χ4n) is 4.63. The summed E-state index contributed by atoms with van der Waals surface area (Å²) in [6.45, 7) is 3.79. The van der Waals surface area contributed by atoms with Crippen molar-refractivity contribution in [2.24, 2.45) is 4.99 Å². The van der Waals surface area contributed by atoms with Crippen LogP contribution in [0.2, 0.25) is 0 Å². The summed E-state index contributed by atoms with van der Waals surface area (Å²) in [4.78, 5) is 33.3. The first-order chi connectivity index (χ1) is 18.0. The molecule has 0 saturated heterocycles. The Balaban J connectivity index is 1.77. The molecule has 37 heavy (non-hydrogen) atoms. The SMILES string of the molecule is CCOC(=O)C1=C(C)N=c2sc(=Cc3c(OC)ccc4ccccc34)c(=O)n2C1c1ccc(SC)cc1. The molecule has 5 rings (SSSR count). The van der Waals surface area contributed by atoms with E-state index in [0.717, 1.165) is 26.8 Å². The first-order valence-electron chi connectivity index (χ1n) is 11.9. The van der Waals surface area contributed by atoms with Gasteiger partial charge in [-0.25, -0.2) is 9.79 Å². The normalized spacial score (nSPS) is 15.5. The number of ether oxygens (including phenoxy) is 2. The van der Waals surface area contributed by atoms with Gasteiger partial charge >= 0.3 is 5.97 Å². The lowest BCUT2D eigenvalue weighted by Crippen LogP contribution is -2.39. The average Bonchev–Trinajstić information content (AvgIpc) is 3.22. The van der Waals surface area contributed by atoms with Crippen LogP contribution in [0.4, 0.5) is 0 Å². The van der Waals surface area contributed by atoms with Crippen molar-refractivity contribution in [3.63, 3.8) is 0 Å². The maximum Gasteiger partial charge on any atom is 0.338 e. The predicted molar refractivity (Wildman–Crippen MR) is 149 cm³/mol. The number of rotatable bonds is 6. The lowest BCUT2D eigenvalue weighted by atomic mass is 9.96. The Kier molecular flexibility index (Phi) is 7.04. The monoisotopic (exact) mass is 530 g/mol. The maximum atomic E-state index is 14.0. The summed E-state index contributed by atoms with van der Waals surface area (Å²) >= 11 is 2.94. The lowest BCUT2D eigenvalue weighted by molar-refractivity contribution is -0.139. The van der Waals surface area contributed by atoms with E-state index < -0.39 is 12.0 Å². The fourth-order valence-corrected chi connectivity index (χ4v) is 6.06. The Morgan fingerprint density at radius 2 is 1.89 bits per heavy atom. The maximum absolute atomic E-state index is 14.0. The molecule has 0 amide bonds.